The molecule has 0 aliphatic heterocycles. The van der Waals surface area contributed by atoms with Gasteiger partial charge in [0.2, 0.25) is 7.44 Å². The highest BCUT2D eigenvalue weighted by Crippen LogP contribution is 2.43. The van der Waals surface area contributed by atoms with Gasteiger partial charge in [-0.3, -0.25) is 14.2 Å². The molecule has 0 saturated carbocycles. The van der Waals surface area contributed by atoms with Gasteiger partial charge in [-0.2, -0.15) is 0 Å². The minimum atomic E-state index is -3.60. The lowest BCUT2D eigenvalue weighted by Gasteiger charge is -2.27. The van der Waals surface area contributed by atoms with E-state index in [2.05, 4.69) is 26.1 Å². The second-order valence-corrected chi connectivity index (χ2v) is 12.2. The van der Waals surface area contributed by atoms with Gasteiger partial charge in [0.05, 0.1) is 23.8 Å². The number of phenols is 1. The highest BCUT2D eigenvalue weighted by Gasteiger charge is 2.32. The van der Waals surface area contributed by atoms with Crippen molar-refractivity contribution in [2.45, 2.75) is 65.7 Å². The van der Waals surface area contributed by atoms with Gasteiger partial charge in [-0.15, -0.1) is 0 Å². The Kier molecular flexibility index (Phi) is 11.9. The van der Waals surface area contributed by atoms with Crippen molar-refractivity contribution in [3.8, 4) is 17.2 Å². The Balaban J connectivity index is 2.35. The summed E-state index contributed by atoms with van der Waals surface area (Å²) in [7, 11) is 2.71. The Morgan fingerprint density at radius 1 is 1.00 bits per heavy atom. The van der Waals surface area contributed by atoms with Gasteiger partial charge in [-0.05, 0) is 79.4 Å². The van der Waals surface area contributed by atoms with Crippen molar-refractivity contribution < 1.29 is 33.5 Å². The summed E-state index contributed by atoms with van der Waals surface area (Å²) in [6, 6.07) is 6.45. The quantitative estimate of drug-likeness (QED) is 0.169. The lowest BCUT2D eigenvalue weighted by molar-refractivity contribution is -0.145. The fourth-order valence-corrected chi connectivity index (χ4v) is 6.72. The zero-order valence-corrected chi connectivity index (χ0v) is 25.0. The first-order chi connectivity index (χ1) is 17.8. The van der Waals surface area contributed by atoms with Crippen molar-refractivity contribution in [3.05, 3.63) is 45.9 Å². The van der Waals surface area contributed by atoms with Crippen molar-refractivity contribution in [1.82, 2.24) is 10.2 Å². The summed E-state index contributed by atoms with van der Waals surface area (Å²) >= 11 is 3.48. The number of hydrogen-bond acceptors (Lipinski definition) is 7. The Bertz CT molecular complexity index is 1140. The third-order valence-corrected chi connectivity index (χ3v) is 8.47. The molecule has 2 aromatic rings. The summed E-state index contributed by atoms with van der Waals surface area (Å²) < 4.78 is 30.6. The summed E-state index contributed by atoms with van der Waals surface area (Å²) in [5.74, 6) is -0.0314. The highest BCUT2D eigenvalue weighted by atomic mass is 79.9. The average Bonchev–Trinajstić information content (AvgIpc) is 2.82. The number of carbonyl (C=O) groups excluding carboxylic acids is 2. The van der Waals surface area contributed by atoms with E-state index in [1.165, 1.54) is 13.8 Å². The van der Waals surface area contributed by atoms with E-state index in [0.717, 1.165) is 5.56 Å². The molecule has 2 rings (SSSR count). The predicted molar refractivity (Wildman–Crippen MR) is 152 cm³/mol. The van der Waals surface area contributed by atoms with Crippen molar-refractivity contribution in [3.63, 3.8) is 0 Å². The Hall–Kier alpha value is -2.33. The second kappa shape index (κ2) is 14.2. The minimum absolute atomic E-state index is 0.0831. The molecule has 2 atom stereocenters. The maximum Gasteiger partial charge on any atom is 0.323 e. The maximum atomic E-state index is 14.0. The Morgan fingerprint density at radius 2 is 1.55 bits per heavy atom. The van der Waals surface area contributed by atoms with Crippen molar-refractivity contribution in [1.29, 1.82) is 0 Å². The molecule has 0 saturated heterocycles. The third kappa shape index (κ3) is 8.87. The van der Waals surface area contributed by atoms with Gasteiger partial charge in [0.25, 0.3) is 0 Å². The van der Waals surface area contributed by atoms with E-state index in [1.807, 2.05) is 13.8 Å². The van der Waals surface area contributed by atoms with Crippen LogP contribution < -0.4 is 20.4 Å². The normalized spacial score (nSPS) is 13.2. The summed E-state index contributed by atoms with van der Waals surface area (Å²) in [4.78, 5) is 24.4. The monoisotopic (exact) mass is 608 g/mol. The van der Waals surface area contributed by atoms with E-state index < -0.39 is 31.5 Å². The Morgan fingerprint density at radius 3 is 2.03 bits per heavy atom. The molecule has 0 unspecified atom stereocenters. The number of aromatic hydroxyl groups is 1. The molecule has 0 aliphatic rings. The standard InChI is InChI=1S/C26H35BBrN2O7P/c1-7-35-25(32)16(5)29-38(34,30-17(6)26(33)36-8-2)14-18-11-21(27)24(22(28)12-18)37-19-9-10-23(31)20(13-19)15(3)4/h9-13,15-17,31H,7-8,14H2,1-6H3,(H2,29,30,34)/t16-,17-/m0/s1. The molecule has 9 nitrogen and oxygen atoms in total. The third-order valence-electron chi connectivity index (χ3n) is 5.46. The first kappa shape index (κ1) is 31.9. The van der Waals surface area contributed by atoms with Gasteiger partial charge in [-0.25, -0.2) is 10.2 Å². The van der Waals surface area contributed by atoms with Crippen LogP contribution in [0.25, 0.3) is 0 Å². The molecule has 38 heavy (non-hydrogen) atoms. The molecule has 3 N–H and O–H groups in total. The molecule has 0 fully saturated rings. The first-order valence-corrected chi connectivity index (χ1v) is 15.0. The summed E-state index contributed by atoms with van der Waals surface area (Å²) in [5, 5.41) is 15.7. The lowest BCUT2D eigenvalue weighted by Crippen LogP contribution is -2.42. The predicted octanol–water partition coefficient (Wildman–Crippen LogP) is 4.64. The highest BCUT2D eigenvalue weighted by molar-refractivity contribution is 9.10. The van der Waals surface area contributed by atoms with Crippen molar-refractivity contribution in [2.24, 2.45) is 0 Å². The number of rotatable bonds is 13. The fourth-order valence-electron chi connectivity index (χ4n) is 3.70. The van der Waals surface area contributed by atoms with Gasteiger partial charge in [0.15, 0.2) is 0 Å². The Labute approximate surface area is 234 Å². The molecule has 0 amide bonds. The van der Waals surface area contributed by atoms with Crippen LogP contribution in [-0.4, -0.2) is 50.2 Å². The zero-order valence-electron chi connectivity index (χ0n) is 22.5. The molecule has 0 spiro atoms. The number of hydrogen-bond donors (Lipinski definition) is 3. The van der Waals surface area contributed by atoms with E-state index in [4.69, 9.17) is 22.1 Å². The summed E-state index contributed by atoms with van der Waals surface area (Å²) in [5.41, 5.74) is 1.57. The smallest absolute Gasteiger partial charge is 0.323 e. The molecule has 0 aliphatic carbocycles. The van der Waals surface area contributed by atoms with E-state index in [9.17, 15) is 19.3 Å². The van der Waals surface area contributed by atoms with Gasteiger partial charge in [0.1, 0.15) is 37.2 Å². The van der Waals surface area contributed by atoms with Crippen LogP contribution in [0, 0.1) is 0 Å². The average molecular weight is 609 g/mol. The molecular weight excluding hydrogens is 574 g/mol. The fraction of sp³-hybridized carbons (Fsp3) is 0.462. The minimum Gasteiger partial charge on any atom is -0.508 e. The van der Waals surface area contributed by atoms with Crippen LogP contribution in [-0.2, 0) is 29.8 Å². The SMILES string of the molecule is [B]c1cc(CP(=O)(N[C@@H](C)C(=O)OCC)N[C@@H](C)C(=O)OCC)cc(Br)c1Oc1ccc(O)c(C(C)C)c1. The van der Waals surface area contributed by atoms with Crippen LogP contribution in [0.3, 0.4) is 0 Å². The number of carbonyl (C=O) groups is 2. The second-order valence-electron chi connectivity index (χ2n) is 9.08. The number of phenolic OH excluding ortho intramolecular Hbond substituents is 1. The van der Waals surface area contributed by atoms with E-state index in [0.29, 0.717) is 21.5 Å². The van der Waals surface area contributed by atoms with E-state index in [1.54, 1.807) is 44.2 Å². The summed E-state index contributed by atoms with van der Waals surface area (Å²) in [6.07, 6.45) is -0.0831. The molecule has 0 bridgehead atoms. The molecular formula is C26H35BBrN2O7P. The van der Waals surface area contributed by atoms with Crippen LogP contribution in [0.5, 0.6) is 17.2 Å². The molecule has 0 aromatic heterocycles. The largest absolute Gasteiger partial charge is 0.508 e. The summed E-state index contributed by atoms with van der Waals surface area (Å²) in [6.45, 7) is 10.7. The van der Waals surface area contributed by atoms with Crippen LogP contribution >= 0.6 is 23.4 Å². The van der Waals surface area contributed by atoms with Gasteiger partial charge < -0.3 is 19.3 Å². The number of esters is 2. The van der Waals surface area contributed by atoms with Gasteiger partial charge >= 0.3 is 11.9 Å². The zero-order chi connectivity index (χ0) is 28.6. The van der Waals surface area contributed by atoms with Crippen LogP contribution in [0.2, 0.25) is 0 Å². The molecule has 2 aromatic carbocycles. The number of nitrogens with one attached hydrogen (secondary N) is 2. The maximum absolute atomic E-state index is 14.0. The van der Waals surface area contributed by atoms with Crippen LogP contribution in [0.4, 0.5) is 0 Å². The number of benzene rings is 2. The van der Waals surface area contributed by atoms with Crippen LogP contribution in [0.15, 0.2) is 34.8 Å². The molecule has 12 heteroatoms. The van der Waals surface area contributed by atoms with E-state index >= 15 is 0 Å². The first-order valence-electron chi connectivity index (χ1n) is 12.4. The van der Waals surface area contributed by atoms with Gasteiger partial charge in [-0.1, -0.05) is 25.4 Å². The van der Waals surface area contributed by atoms with Gasteiger partial charge in [0, 0.05) is 5.56 Å². The molecule has 0 heterocycles. The molecule has 206 valence electrons. The lowest BCUT2D eigenvalue weighted by atomic mass is 9.93. The van der Waals surface area contributed by atoms with Crippen molar-refractivity contribution in [2.75, 3.05) is 13.2 Å². The van der Waals surface area contributed by atoms with Crippen LogP contribution in [0.1, 0.15) is 58.6 Å². The number of halogens is 1. The van der Waals surface area contributed by atoms with Crippen molar-refractivity contribution >= 4 is 48.6 Å². The number of ether oxygens (including phenoxy) is 3. The van der Waals surface area contributed by atoms with E-state index in [-0.39, 0.29) is 36.5 Å². The topological polar surface area (TPSA) is 123 Å². The molecule has 2 radical (unpaired) electrons.